The van der Waals surface area contributed by atoms with Crippen molar-refractivity contribution < 1.29 is 8.78 Å². The van der Waals surface area contributed by atoms with Crippen LogP contribution < -0.4 is 5.73 Å². The number of anilines is 1. The molecule has 0 spiro atoms. The van der Waals surface area contributed by atoms with Gasteiger partial charge in [0.1, 0.15) is 5.82 Å². The van der Waals surface area contributed by atoms with Gasteiger partial charge in [-0.3, -0.25) is 4.68 Å². The molecular formula is C11H10ClF2N3. The minimum absolute atomic E-state index is 0.104. The molecule has 2 aromatic rings. The second-order valence-electron chi connectivity index (χ2n) is 3.61. The zero-order valence-corrected chi connectivity index (χ0v) is 9.75. The summed E-state index contributed by atoms with van der Waals surface area (Å²) in [5, 5.41) is 4.45. The molecule has 0 aliphatic carbocycles. The first-order valence-corrected chi connectivity index (χ1v) is 5.24. The maximum absolute atomic E-state index is 12.8. The molecule has 0 radical (unpaired) electrons. The fraction of sp³-hybridized carbons (Fsp3) is 0.182. The molecule has 0 saturated heterocycles. The van der Waals surface area contributed by atoms with Gasteiger partial charge in [0.15, 0.2) is 0 Å². The van der Waals surface area contributed by atoms with Gasteiger partial charge in [0.05, 0.1) is 5.69 Å². The normalized spacial score (nSPS) is 11.1. The fourth-order valence-corrected chi connectivity index (χ4v) is 1.73. The molecule has 0 aliphatic heterocycles. The van der Waals surface area contributed by atoms with E-state index >= 15 is 0 Å². The smallest absolute Gasteiger partial charge is 0.264 e. The highest BCUT2D eigenvalue weighted by atomic mass is 35.5. The summed E-state index contributed by atoms with van der Waals surface area (Å²) in [6.07, 6.45) is -2.58. The van der Waals surface area contributed by atoms with Crippen molar-refractivity contribution in [2.75, 3.05) is 5.73 Å². The third kappa shape index (κ3) is 2.24. The molecule has 90 valence electrons. The van der Waals surface area contributed by atoms with Crippen molar-refractivity contribution in [3.05, 3.63) is 34.9 Å². The third-order valence-corrected chi connectivity index (χ3v) is 2.68. The van der Waals surface area contributed by atoms with Gasteiger partial charge in [0, 0.05) is 29.3 Å². The van der Waals surface area contributed by atoms with Crippen LogP contribution in [0.1, 0.15) is 12.0 Å². The molecule has 6 heteroatoms. The van der Waals surface area contributed by atoms with E-state index < -0.39 is 6.43 Å². The number of halogens is 3. The van der Waals surface area contributed by atoms with Crippen LogP contribution in [0.15, 0.2) is 24.3 Å². The van der Waals surface area contributed by atoms with E-state index in [0.717, 1.165) is 0 Å². The fourth-order valence-electron chi connectivity index (χ4n) is 1.55. The molecule has 2 N–H and O–H groups in total. The second kappa shape index (κ2) is 4.33. The molecule has 0 unspecified atom stereocenters. The van der Waals surface area contributed by atoms with E-state index in [1.807, 2.05) is 0 Å². The maximum Gasteiger partial charge on any atom is 0.264 e. The summed E-state index contributed by atoms with van der Waals surface area (Å²) in [6, 6.07) is 5.73. The number of rotatable bonds is 2. The Morgan fingerprint density at radius 1 is 1.35 bits per heavy atom. The minimum atomic E-state index is -2.58. The van der Waals surface area contributed by atoms with Gasteiger partial charge in [-0.2, -0.15) is 5.10 Å². The topological polar surface area (TPSA) is 43.8 Å². The van der Waals surface area contributed by atoms with Crippen molar-refractivity contribution in [3.8, 4) is 11.3 Å². The summed E-state index contributed by atoms with van der Waals surface area (Å²) in [6.45, 7) is 0. The quantitative estimate of drug-likeness (QED) is 0.897. The highest BCUT2D eigenvalue weighted by Gasteiger charge is 2.17. The first-order valence-electron chi connectivity index (χ1n) is 4.86. The highest BCUT2D eigenvalue weighted by Crippen LogP contribution is 2.33. The van der Waals surface area contributed by atoms with Crippen LogP contribution in [0.2, 0.25) is 5.02 Å². The number of nitrogens with zero attached hydrogens (tertiary/aromatic N) is 2. The summed E-state index contributed by atoms with van der Waals surface area (Å²) in [4.78, 5) is 0. The van der Waals surface area contributed by atoms with Crippen molar-refractivity contribution in [2.45, 2.75) is 6.43 Å². The predicted octanol–water partition coefficient (Wildman–Crippen LogP) is 3.26. The number of benzene rings is 1. The predicted molar refractivity (Wildman–Crippen MR) is 63.0 cm³/mol. The maximum atomic E-state index is 12.8. The molecule has 0 fully saturated rings. The Labute approximate surface area is 102 Å². The average Bonchev–Trinajstić information content (AvgIpc) is 2.58. The lowest BCUT2D eigenvalue weighted by molar-refractivity contribution is 0.152. The van der Waals surface area contributed by atoms with Crippen molar-refractivity contribution in [2.24, 2.45) is 7.05 Å². The van der Waals surface area contributed by atoms with Crippen LogP contribution in [0.3, 0.4) is 0 Å². The molecule has 17 heavy (non-hydrogen) atoms. The van der Waals surface area contributed by atoms with Crippen molar-refractivity contribution in [3.63, 3.8) is 0 Å². The molecule has 0 bridgehead atoms. The van der Waals surface area contributed by atoms with Crippen molar-refractivity contribution >= 4 is 17.4 Å². The van der Waals surface area contributed by atoms with Crippen LogP contribution in [0.4, 0.5) is 14.6 Å². The molecular weight excluding hydrogens is 248 g/mol. The van der Waals surface area contributed by atoms with E-state index in [0.29, 0.717) is 22.1 Å². The summed E-state index contributed by atoms with van der Waals surface area (Å²) >= 11 is 5.81. The lowest BCUT2D eigenvalue weighted by atomic mass is 10.1. The van der Waals surface area contributed by atoms with E-state index in [4.69, 9.17) is 17.3 Å². The Morgan fingerprint density at radius 3 is 2.59 bits per heavy atom. The number of nitrogen functional groups attached to an aromatic ring is 1. The largest absolute Gasteiger partial charge is 0.384 e. The Balaban J connectivity index is 2.60. The van der Waals surface area contributed by atoms with E-state index in [2.05, 4.69) is 5.10 Å². The number of hydrogen-bond donors (Lipinski definition) is 1. The Hall–Kier alpha value is -1.62. The zero-order chi connectivity index (χ0) is 12.6. The first-order chi connectivity index (χ1) is 7.99. The number of hydrogen-bond acceptors (Lipinski definition) is 2. The van der Waals surface area contributed by atoms with Crippen LogP contribution in [-0.4, -0.2) is 9.78 Å². The molecule has 1 heterocycles. The number of aromatic nitrogens is 2. The molecule has 0 amide bonds. The molecule has 1 aromatic carbocycles. The number of nitrogens with two attached hydrogens (primary N) is 1. The Morgan fingerprint density at radius 2 is 2.06 bits per heavy atom. The standard InChI is InChI=1S/C11H10ClF2N3/c1-17-10(15)5-9(16-17)8-4-6(12)2-3-7(8)11(13)14/h2-5,11H,15H2,1H3. The SMILES string of the molecule is Cn1nc(-c2cc(Cl)ccc2C(F)F)cc1N. The summed E-state index contributed by atoms with van der Waals surface area (Å²) in [5.74, 6) is 0.403. The number of alkyl halides is 2. The van der Waals surface area contributed by atoms with Gasteiger partial charge >= 0.3 is 0 Å². The molecule has 3 nitrogen and oxygen atoms in total. The van der Waals surface area contributed by atoms with Crippen molar-refractivity contribution in [1.29, 1.82) is 0 Å². The van der Waals surface area contributed by atoms with Crippen molar-refractivity contribution in [1.82, 2.24) is 9.78 Å². The second-order valence-corrected chi connectivity index (χ2v) is 4.05. The lowest BCUT2D eigenvalue weighted by Crippen LogP contribution is -1.97. The van der Waals surface area contributed by atoms with Crippen LogP contribution in [-0.2, 0) is 7.05 Å². The van der Waals surface area contributed by atoms with E-state index in [1.54, 1.807) is 7.05 Å². The molecule has 2 rings (SSSR count). The van der Waals surface area contributed by atoms with Crippen LogP contribution in [0, 0.1) is 0 Å². The van der Waals surface area contributed by atoms with E-state index in [9.17, 15) is 8.78 Å². The van der Waals surface area contributed by atoms with Crippen LogP contribution in [0.25, 0.3) is 11.3 Å². The zero-order valence-electron chi connectivity index (χ0n) is 8.99. The monoisotopic (exact) mass is 257 g/mol. The molecule has 1 aromatic heterocycles. The summed E-state index contributed by atoms with van der Waals surface area (Å²) < 4.78 is 27.1. The van der Waals surface area contributed by atoms with Gasteiger partial charge < -0.3 is 5.73 Å². The minimum Gasteiger partial charge on any atom is -0.384 e. The lowest BCUT2D eigenvalue weighted by Gasteiger charge is -2.06. The van der Waals surface area contributed by atoms with Gasteiger partial charge in [-0.15, -0.1) is 0 Å². The molecule has 0 atom stereocenters. The van der Waals surface area contributed by atoms with Gasteiger partial charge in [-0.05, 0) is 12.1 Å². The highest BCUT2D eigenvalue weighted by molar-refractivity contribution is 6.30. The Kier molecular flexibility index (Phi) is 3.02. The molecule has 0 saturated carbocycles. The Bertz CT molecular complexity index is 532. The summed E-state index contributed by atoms with van der Waals surface area (Å²) in [7, 11) is 1.64. The van der Waals surface area contributed by atoms with Gasteiger partial charge in [0.25, 0.3) is 6.43 Å². The first kappa shape index (κ1) is 11.9. The summed E-state index contributed by atoms with van der Waals surface area (Å²) in [5.41, 5.74) is 6.21. The van der Waals surface area contributed by atoms with Crippen LogP contribution in [0.5, 0.6) is 0 Å². The third-order valence-electron chi connectivity index (χ3n) is 2.44. The van der Waals surface area contributed by atoms with Gasteiger partial charge in [0.2, 0.25) is 0 Å². The van der Waals surface area contributed by atoms with Gasteiger partial charge in [-0.25, -0.2) is 8.78 Å². The number of aryl methyl sites for hydroxylation is 1. The van der Waals surface area contributed by atoms with Gasteiger partial charge in [-0.1, -0.05) is 17.7 Å². The van der Waals surface area contributed by atoms with Crippen LogP contribution >= 0.6 is 11.6 Å². The van der Waals surface area contributed by atoms with E-state index in [-0.39, 0.29) is 5.56 Å². The van der Waals surface area contributed by atoms with E-state index in [1.165, 1.54) is 28.9 Å². The average molecular weight is 258 g/mol. The molecule has 0 aliphatic rings.